The maximum atomic E-state index is 5.23. The summed E-state index contributed by atoms with van der Waals surface area (Å²) in [4.78, 5) is 4.93. The molecule has 4 heteroatoms. The van der Waals surface area contributed by atoms with Crippen molar-refractivity contribution in [2.45, 2.75) is 24.9 Å². The molecule has 1 saturated heterocycles. The molecule has 1 unspecified atom stereocenters. The Bertz CT molecular complexity index is 411. The van der Waals surface area contributed by atoms with Gasteiger partial charge in [-0.2, -0.15) is 0 Å². The zero-order chi connectivity index (χ0) is 15.2. The van der Waals surface area contributed by atoms with E-state index in [1.54, 1.807) is 7.11 Å². The number of rotatable bonds is 6. The van der Waals surface area contributed by atoms with Crippen LogP contribution in [0.4, 0.5) is 0 Å². The highest BCUT2D eigenvalue weighted by molar-refractivity contribution is 5.29. The molecule has 1 aromatic carbocycles. The van der Waals surface area contributed by atoms with E-state index in [0.717, 1.165) is 18.3 Å². The predicted octanol–water partition coefficient (Wildman–Crippen LogP) is 1.98. The summed E-state index contributed by atoms with van der Waals surface area (Å²) in [5, 5.41) is 3.44. The molecule has 1 atom stereocenters. The largest absolute Gasteiger partial charge is 0.497 e. The molecule has 1 aliphatic heterocycles. The first kappa shape index (κ1) is 16.3. The standard InChI is InChI=1S/C17H29N3O/c1-18-17(14-5-7-16(21-4)8-6-14)13-20-11-9-15(10-12-20)19(2)3/h5-8,15,17-18H,9-13H2,1-4H3. The van der Waals surface area contributed by atoms with Gasteiger partial charge < -0.3 is 19.9 Å². The maximum absolute atomic E-state index is 5.23. The lowest BCUT2D eigenvalue weighted by atomic mass is 10.0. The zero-order valence-corrected chi connectivity index (χ0v) is 13.8. The van der Waals surface area contributed by atoms with Gasteiger partial charge >= 0.3 is 0 Å². The van der Waals surface area contributed by atoms with Gasteiger partial charge in [0.1, 0.15) is 5.75 Å². The second-order valence-electron chi connectivity index (χ2n) is 6.11. The van der Waals surface area contributed by atoms with Crippen LogP contribution in [0.2, 0.25) is 0 Å². The first-order chi connectivity index (χ1) is 10.1. The first-order valence-corrected chi connectivity index (χ1v) is 7.84. The maximum Gasteiger partial charge on any atom is 0.118 e. The third-order valence-electron chi connectivity index (χ3n) is 4.59. The van der Waals surface area contributed by atoms with Crippen LogP contribution in [0.15, 0.2) is 24.3 Å². The lowest BCUT2D eigenvalue weighted by Crippen LogP contribution is -2.44. The molecule has 0 aliphatic carbocycles. The number of likely N-dealkylation sites (N-methyl/N-ethyl adjacent to an activating group) is 1. The number of benzene rings is 1. The number of hydrogen-bond acceptors (Lipinski definition) is 4. The minimum absolute atomic E-state index is 0.381. The van der Waals surface area contributed by atoms with Crippen molar-refractivity contribution in [2.75, 3.05) is 47.9 Å². The van der Waals surface area contributed by atoms with E-state index in [2.05, 4.69) is 41.3 Å². The van der Waals surface area contributed by atoms with E-state index in [4.69, 9.17) is 4.74 Å². The third kappa shape index (κ3) is 4.43. The Labute approximate surface area is 129 Å². The third-order valence-corrected chi connectivity index (χ3v) is 4.59. The average Bonchev–Trinajstić information content (AvgIpc) is 2.53. The minimum Gasteiger partial charge on any atom is -0.497 e. The fraction of sp³-hybridized carbons (Fsp3) is 0.647. The van der Waals surface area contributed by atoms with Crippen molar-refractivity contribution in [3.63, 3.8) is 0 Å². The normalized spacial score (nSPS) is 18.9. The van der Waals surface area contributed by atoms with Crippen LogP contribution in [0.1, 0.15) is 24.4 Å². The fourth-order valence-corrected chi connectivity index (χ4v) is 3.08. The van der Waals surface area contributed by atoms with E-state index in [1.807, 2.05) is 19.2 Å². The molecule has 2 rings (SSSR count). The summed E-state index contributed by atoms with van der Waals surface area (Å²) in [6.07, 6.45) is 2.54. The Kier molecular flexibility index (Phi) is 6.03. The van der Waals surface area contributed by atoms with Crippen LogP contribution >= 0.6 is 0 Å². The lowest BCUT2D eigenvalue weighted by molar-refractivity contribution is 0.136. The molecule has 1 aliphatic rings. The smallest absolute Gasteiger partial charge is 0.118 e. The molecule has 0 saturated carbocycles. The van der Waals surface area contributed by atoms with E-state index in [-0.39, 0.29) is 0 Å². The van der Waals surface area contributed by atoms with E-state index in [0.29, 0.717) is 6.04 Å². The van der Waals surface area contributed by atoms with E-state index >= 15 is 0 Å². The molecule has 0 spiro atoms. The highest BCUT2D eigenvalue weighted by Gasteiger charge is 2.22. The van der Waals surface area contributed by atoms with Crippen molar-refractivity contribution in [3.05, 3.63) is 29.8 Å². The summed E-state index contributed by atoms with van der Waals surface area (Å²) in [6.45, 7) is 3.46. The Hall–Kier alpha value is -1.10. The molecule has 1 N–H and O–H groups in total. The zero-order valence-electron chi connectivity index (χ0n) is 13.8. The van der Waals surface area contributed by atoms with E-state index in [1.165, 1.54) is 31.5 Å². The van der Waals surface area contributed by atoms with Crippen molar-refractivity contribution in [3.8, 4) is 5.75 Å². The van der Waals surface area contributed by atoms with Crippen molar-refractivity contribution in [1.29, 1.82) is 0 Å². The highest BCUT2D eigenvalue weighted by Crippen LogP contribution is 2.21. The summed E-state index contributed by atoms with van der Waals surface area (Å²) >= 11 is 0. The van der Waals surface area contributed by atoms with Gasteiger partial charge in [-0.3, -0.25) is 0 Å². The topological polar surface area (TPSA) is 27.7 Å². The molecule has 1 heterocycles. The van der Waals surface area contributed by atoms with E-state index in [9.17, 15) is 0 Å². The van der Waals surface area contributed by atoms with Gasteiger partial charge in [-0.05, 0) is 64.8 Å². The second kappa shape index (κ2) is 7.78. The van der Waals surface area contributed by atoms with Gasteiger partial charge in [0.2, 0.25) is 0 Å². The van der Waals surface area contributed by atoms with Crippen molar-refractivity contribution >= 4 is 0 Å². The second-order valence-corrected chi connectivity index (χ2v) is 6.11. The van der Waals surface area contributed by atoms with Crippen LogP contribution in [0, 0.1) is 0 Å². The fourth-order valence-electron chi connectivity index (χ4n) is 3.08. The van der Waals surface area contributed by atoms with Gasteiger partial charge in [0, 0.05) is 18.6 Å². The number of piperidine rings is 1. The van der Waals surface area contributed by atoms with Crippen LogP contribution in [-0.2, 0) is 0 Å². The van der Waals surface area contributed by atoms with Crippen LogP contribution in [-0.4, -0.2) is 63.7 Å². The van der Waals surface area contributed by atoms with Crippen molar-refractivity contribution in [2.24, 2.45) is 0 Å². The van der Waals surface area contributed by atoms with Crippen LogP contribution in [0.3, 0.4) is 0 Å². The molecule has 0 radical (unpaired) electrons. The summed E-state index contributed by atoms with van der Waals surface area (Å²) in [5.41, 5.74) is 1.33. The van der Waals surface area contributed by atoms with Crippen molar-refractivity contribution < 1.29 is 4.74 Å². The number of likely N-dealkylation sites (tertiary alicyclic amines) is 1. The quantitative estimate of drug-likeness (QED) is 0.867. The Morgan fingerprint density at radius 2 is 1.86 bits per heavy atom. The minimum atomic E-state index is 0.381. The van der Waals surface area contributed by atoms with Gasteiger partial charge in [-0.25, -0.2) is 0 Å². The monoisotopic (exact) mass is 291 g/mol. The first-order valence-electron chi connectivity index (χ1n) is 7.84. The molecule has 118 valence electrons. The molecule has 1 fully saturated rings. The Balaban J connectivity index is 1.90. The van der Waals surface area contributed by atoms with Gasteiger partial charge in [0.05, 0.1) is 7.11 Å². The number of ether oxygens (including phenoxy) is 1. The summed E-state index contributed by atoms with van der Waals surface area (Å²) in [6, 6.07) is 9.52. The van der Waals surface area contributed by atoms with Crippen LogP contribution in [0.5, 0.6) is 5.75 Å². The van der Waals surface area contributed by atoms with E-state index < -0.39 is 0 Å². The molecule has 0 amide bonds. The van der Waals surface area contributed by atoms with Crippen LogP contribution < -0.4 is 10.1 Å². The average molecular weight is 291 g/mol. The molecular weight excluding hydrogens is 262 g/mol. The molecule has 21 heavy (non-hydrogen) atoms. The highest BCUT2D eigenvalue weighted by atomic mass is 16.5. The molecule has 0 bridgehead atoms. The predicted molar refractivity (Wildman–Crippen MR) is 87.9 cm³/mol. The molecular formula is C17H29N3O. The summed E-state index contributed by atoms with van der Waals surface area (Å²) < 4.78 is 5.23. The molecule has 4 nitrogen and oxygen atoms in total. The molecule has 0 aromatic heterocycles. The number of hydrogen-bond donors (Lipinski definition) is 1. The van der Waals surface area contributed by atoms with Gasteiger partial charge in [0.15, 0.2) is 0 Å². The SMILES string of the molecule is CNC(CN1CCC(N(C)C)CC1)c1ccc(OC)cc1. The Morgan fingerprint density at radius 3 is 2.33 bits per heavy atom. The molecule has 1 aromatic rings. The number of nitrogens with one attached hydrogen (secondary N) is 1. The summed E-state index contributed by atoms with van der Waals surface area (Å²) in [5.74, 6) is 0.917. The summed E-state index contributed by atoms with van der Waals surface area (Å²) in [7, 11) is 8.13. The van der Waals surface area contributed by atoms with Crippen LogP contribution in [0.25, 0.3) is 0 Å². The Morgan fingerprint density at radius 1 is 1.24 bits per heavy atom. The van der Waals surface area contributed by atoms with Crippen molar-refractivity contribution in [1.82, 2.24) is 15.1 Å². The van der Waals surface area contributed by atoms with Gasteiger partial charge in [0.25, 0.3) is 0 Å². The van der Waals surface area contributed by atoms with Gasteiger partial charge in [-0.1, -0.05) is 12.1 Å². The lowest BCUT2D eigenvalue weighted by Gasteiger charge is -2.36. The van der Waals surface area contributed by atoms with Gasteiger partial charge in [-0.15, -0.1) is 0 Å². The number of methoxy groups -OCH3 is 1. The number of nitrogens with zero attached hydrogens (tertiary/aromatic N) is 2.